The first-order valence-corrected chi connectivity index (χ1v) is 34.7. The molecule has 472 valence electrons. The molecule has 0 aliphatic carbocycles. The number of esters is 3. The van der Waals surface area contributed by atoms with Crippen molar-refractivity contribution in [1.82, 2.24) is 0 Å². The number of carbonyl (C=O) groups excluding carboxylic acids is 3. The lowest BCUT2D eigenvalue weighted by atomic mass is 10.1. The lowest BCUT2D eigenvalue weighted by molar-refractivity contribution is -0.167. The average molecular weight is 1150 g/mol. The molecule has 0 aromatic rings. The Morgan fingerprint density at radius 1 is 0.253 bits per heavy atom. The molecular formula is C77H128O6. The fraction of sp³-hybridized carbons (Fsp3) is 0.675. The first-order chi connectivity index (χ1) is 41.0. The molecule has 0 amide bonds. The molecule has 0 aromatic carbocycles. The highest BCUT2D eigenvalue weighted by Gasteiger charge is 2.19. The van der Waals surface area contributed by atoms with Gasteiger partial charge in [0.05, 0.1) is 0 Å². The zero-order chi connectivity index (χ0) is 59.9. The summed E-state index contributed by atoms with van der Waals surface area (Å²) in [5.74, 6) is -0.901. The minimum Gasteiger partial charge on any atom is -0.462 e. The van der Waals surface area contributed by atoms with Crippen molar-refractivity contribution in [3.63, 3.8) is 0 Å². The molecule has 6 nitrogen and oxygen atoms in total. The summed E-state index contributed by atoms with van der Waals surface area (Å²) in [6, 6.07) is 0. The second kappa shape index (κ2) is 70.0. The van der Waals surface area contributed by atoms with Gasteiger partial charge in [-0.05, 0) is 135 Å². The molecule has 0 saturated carbocycles. The van der Waals surface area contributed by atoms with Crippen molar-refractivity contribution in [2.45, 2.75) is 322 Å². The van der Waals surface area contributed by atoms with E-state index in [1.54, 1.807) is 0 Å². The van der Waals surface area contributed by atoms with Crippen LogP contribution < -0.4 is 0 Å². The maximum absolute atomic E-state index is 13.0. The van der Waals surface area contributed by atoms with Crippen LogP contribution in [0.5, 0.6) is 0 Å². The molecule has 0 spiro atoms. The fourth-order valence-electron chi connectivity index (χ4n) is 9.49. The van der Waals surface area contributed by atoms with E-state index in [9.17, 15) is 14.4 Å². The van der Waals surface area contributed by atoms with Crippen LogP contribution in [0.4, 0.5) is 0 Å². The smallest absolute Gasteiger partial charge is 0.306 e. The number of hydrogen-bond acceptors (Lipinski definition) is 6. The molecule has 1 unspecified atom stereocenters. The summed E-state index contributed by atoms with van der Waals surface area (Å²) < 4.78 is 17.0. The van der Waals surface area contributed by atoms with Gasteiger partial charge in [-0.25, -0.2) is 0 Å². The number of carbonyl (C=O) groups is 3. The largest absolute Gasteiger partial charge is 0.462 e. The van der Waals surface area contributed by atoms with Crippen LogP contribution in [-0.4, -0.2) is 37.2 Å². The minimum atomic E-state index is -0.794. The van der Waals surface area contributed by atoms with E-state index in [0.717, 1.165) is 141 Å². The lowest BCUT2D eigenvalue weighted by Crippen LogP contribution is -2.30. The summed E-state index contributed by atoms with van der Waals surface area (Å²) in [6.45, 7) is 6.41. The van der Waals surface area contributed by atoms with E-state index in [0.29, 0.717) is 19.3 Å². The molecule has 83 heavy (non-hydrogen) atoms. The quantitative estimate of drug-likeness (QED) is 0.0261. The van der Waals surface area contributed by atoms with Crippen molar-refractivity contribution in [2.24, 2.45) is 0 Å². The van der Waals surface area contributed by atoms with Gasteiger partial charge in [-0.15, -0.1) is 0 Å². The predicted octanol–water partition coefficient (Wildman–Crippen LogP) is 24.1. The molecule has 0 fully saturated rings. The van der Waals surface area contributed by atoms with Gasteiger partial charge in [-0.2, -0.15) is 0 Å². The zero-order valence-electron chi connectivity index (χ0n) is 54.2. The van der Waals surface area contributed by atoms with Crippen LogP contribution in [0.1, 0.15) is 316 Å². The van der Waals surface area contributed by atoms with Gasteiger partial charge < -0.3 is 14.2 Å². The monoisotopic (exact) mass is 1150 g/mol. The molecule has 0 rings (SSSR count). The topological polar surface area (TPSA) is 78.9 Å². The summed E-state index contributed by atoms with van der Waals surface area (Å²) >= 11 is 0. The van der Waals surface area contributed by atoms with Crippen molar-refractivity contribution < 1.29 is 28.6 Å². The minimum absolute atomic E-state index is 0.0886. The molecule has 0 saturated heterocycles. The maximum atomic E-state index is 13.0. The van der Waals surface area contributed by atoms with E-state index < -0.39 is 6.10 Å². The van der Waals surface area contributed by atoms with Gasteiger partial charge in [0.25, 0.3) is 0 Å². The Hall–Kier alpha value is -4.45. The molecule has 1 atom stereocenters. The summed E-state index contributed by atoms with van der Waals surface area (Å²) in [7, 11) is 0. The second-order valence-corrected chi connectivity index (χ2v) is 22.7. The Morgan fingerprint density at radius 3 is 0.747 bits per heavy atom. The number of allylic oxidation sites excluding steroid dienone is 22. The molecule has 0 heterocycles. The van der Waals surface area contributed by atoms with Crippen molar-refractivity contribution in [3.8, 4) is 0 Å². The molecule has 0 aromatic heterocycles. The van der Waals surface area contributed by atoms with E-state index in [4.69, 9.17) is 14.2 Å². The summed E-state index contributed by atoms with van der Waals surface area (Å²) in [4.78, 5) is 38.5. The van der Waals surface area contributed by atoms with Crippen molar-refractivity contribution in [3.05, 3.63) is 134 Å². The Kier molecular flexibility index (Phi) is 66.3. The van der Waals surface area contributed by atoms with Crippen LogP contribution >= 0.6 is 0 Å². The average Bonchev–Trinajstić information content (AvgIpc) is 3.49. The fourth-order valence-corrected chi connectivity index (χ4v) is 9.49. The number of ether oxygens (including phenoxy) is 3. The molecular weight excluding hydrogens is 1020 g/mol. The van der Waals surface area contributed by atoms with Gasteiger partial charge >= 0.3 is 17.9 Å². The van der Waals surface area contributed by atoms with Crippen LogP contribution in [0.2, 0.25) is 0 Å². The van der Waals surface area contributed by atoms with Gasteiger partial charge in [-0.1, -0.05) is 296 Å². The standard InChI is InChI=1S/C77H128O6/c1-4-7-10-13-16-19-22-25-28-30-32-34-36-38-40-42-44-46-49-52-55-58-61-64-67-70-76(79)82-73-74(72-81-75(78)69-66-63-60-57-54-51-48-27-24-21-18-15-12-9-6-3)83-77(80)71-68-65-62-59-56-53-50-47-45-43-41-39-37-35-33-31-29-26-23-20-17-14-11-8-5-2/h7-8,10-11,16-17,19-20,25-29,32-35,38-41,48,74H,4-6,9,12-15,18,21-24,30-31,36-37,42-47,49-73H2,1-3H3/b10-7-,11-8-,19-16-,20-17-,28-25-,29-26-,34-32-,35-33-,40-38-,41-39-,48-27-. The molecule has 0 aliphatic heterocycles. The van der Waals surface area contributed by atoms with Crippen molar-refractivity contribution in [2.75, 3.05) is 13.2 Å². The van der Waals surface area contributed by atoms with Crippen molar-refractivity contribution >= 4 is 17.9 Å². The third kappa shape index (κ3) is 68.2. The van der Waals surface area contributed by atoms with E-state index in [-0.39, 0.29) is 31.1 Å². The van der Waals surface area contributed by atoms with Crippen LogP contribution in [-0.2, 0) is 28.6 Å². The van der Waals surface area contributed by atoms with E-state index in [1.807, 2.05) is 0 Å². The molecule has 6 heteroatoms. The van der Waals surface area contributed by atoms with Crippen LogP contribution in [0, 0.1) is 0 Å². The van der Waals surface area contributed by atoms with Gasteiger partial charge in [-0.3, -0.25) is 14.4 Å². The van der Waals surface area contributed by atoms with E-state index >= 15 is 0 Å². The number of hydrogen-bond donors (Lipinski definition) is 0. The van der Waals surface area contributed by atoms with Gasteiger partial charge in [0.1, 0.15) is 13.2 Å². The summed E-state index contributed by atoms with van der Waals surface area (Å²) in [5, 5.41) is 0. The Balaban J connectivity index is 4.39. The summed E-state index contributed by atoms with van der Waals surface area (Å²) in [5.41, 5.74) is 0. The second-order valence-electron chi connectivity index (χ2n) is 22.7. The lowest BCUT2D eigenvalue weighted by Gasteiger charge is -2.18. The number of rotatable bonds is 62. The van der Waals surface area contributed by atoms with Gasteiger partial charge in [0.15, 0.2) is 6.10 Å². The first kappa shape index (κ1) is 78.5. The van der Waals surface area contributed by atoms with Gasteiger partial charge in [0.2, 0.25) is 0 Å². The molecule has 0 radical (unpaired) electrons. The van der Waals surface area contributed by atoms with Crippen LogP contribution in [0.15, 0.2) is 134 Å². The first-order valence-electron chi connectivity index (χ1n) is 34.7. The van der Waals surface area contributed by atoms with Gasteiger partial charge in [0, 0.05) is 19.3 Å². The third-order valence-electron chi connectivity index (χ3n) is 14.6. The van der Waals surface area contributed by atoms with E-state index in [1.165, 1.54) is 135 Å². The zero-order valence-corrected chi connectivity index (χ0v) is 54.2. The highest BCUT2D eigenvalue weighted by atomic mass is 16.6. The highest BCUT2D eigenvalue weighted by Crippen LogP contribution is 2.16. The SMILES string of the molecule is CC/C=C\C/C=C\C/C=C\C/C=C\C/C=C\CCCCCCCCCCCC(=O)OCC(COC(=O)CCCCCCC/C=C\CCCCCCCC)OC(=O)CCCCCCCCCCC/C=C\C/C=C\C/C=C\C/C=C\C/C=C\CC. The molecule has 0 N–H and O–H groups in total. The number of unbranched alkanes of at least 4 members (excludes halogenated alkanes) is 29. The maximum Gasteiger partial charge on any atom is 0.306 e. The predicted molar refractivity (Wildman–Crippen MR) is 362 cm³/mol. The van der Waals surface area contributed by atoms with E-state index in [2.05, 4.69) is 154 Å². The van der Waals surface area contributed by atoms with Crippen molar-refractivity contribution in [1.29, 1.82) is 0 Å². The van der Waals surface area contributed by atoms with Crippen LogP contribution in [0.25, 0.3) is 0 Å². The Bertz CT molecular complexity index is 1750. The molecule has 0 aliphatic rings. The normalized spacial score (nSPS) is 13.0. The van der Waals surface area contributed by atoms with Crippen LogP contribution in [0.3, 0.4) is 0 Å². The Morgan fingerprint density at radius 2 is 0.470 bits per heavy atom. The molecule has 0 bridgehead atoms. The highest BCUT2D eigenvalue weighted by molar-refractivity contribution is 5.71. The Labute approximate surface area is 513 Å². The third-order valence-corrected chi connectivity index (χ3v) is 14.6. The summed E-state index contributed by atoms with van der Waals surface area (Å²) in [6.07, 6.45) is 98.9.